The zero-order valence-corrected chi connectivity index (χ0v) is 19.2. The third-order valence-electron chi connectivity index (χ3n) is 7.96. The van der Waals surface area contributed by atoms with Crippen molar-refractivity contribution in [2.75, 3.05) is 39.8 Å². The number of carbonyl (C=O) groups is 2. The number of carbonyl (C=O) groups excluding carboxylic acids is 2. The minimum atomic E-state index is -0.181. The predicted octanol–water partition coefficient (Wildman–Crippen LogP) is 3.14. The largest absolute Gasteiger partial charge is 0.493 e. The van der Waals surface area contributed by atoms with Gasteiger partial charge in [0.05, 0.1) is 13.0 Å². The zero-order chi connectivity index (χ0) is 22.5. The molecule has 172 valence electrons. The summed E-state index contributed by atoms with van der Waals surface area (Å²) in [5.41, 5.74) is 0.421. The second kappa shape index (κ2) is 8.10. The highest BCUT2D eigenvalue weighted by Gasteiger charge is 2.57. The standard InChI is InChI=1S/C25H33N3O4/c1-4-16(2)13-27-14-18-19(15-27)25(26-23(18)29)8-10-28(11-9-25)24(30)21-12-17-6-5-7-20(31-3)22(17)32-21/h5-7,12,16,18-19H,4,8-11,13-15H2,1-3H3,(H,26,29)/t16?,18-,19+/m1/s1. The summed E-state index contributed by atoms with van der Waals surface area (Å²) in [6, 6.07) is 7.43. The summed E-state index contributed by atoms with van der Waals surface area (Å²) in [6.45, 7) is 8.66. The molecule has 1 N–H and O–H groups in total. The van der Waals surface area contributed by atoms with Crippen LogP contribution in [0.15, 0.2) is 28.7 Å². The number of hydrogen-bond acceptors (Lipinski definition) is 5. The molecule has 2 amide bonds. The number of benzene rings is 1. The Morgan fingerprint density at radius 3 is 2.81 bits per heavy atom. The van der Waals surface area contributed by atoms with Crippen molar-refractivity contribution in [2.24, 2.45) is 17.8 Å². The number of piperidine rings is 1. The molecule has 4 heterocycles. The second-order valence-corrected chi connectivity index (χ2v) is 9.87. The maximum absolute atomic E-state index is 13.2. The number of hydrogen-bond donors (Lipinski definition) is 1. The molecule has 7 nitrogen and oxygen atoms in total. The summed E-state index contributed by atoms with van der Waals surface area (Å²) in [5.74, 6) is 2.15. The van der Waals surface area contributed by atoms with Gasteiger partial charge in [-0.1, -0.05) is 32.4 Å². The molecule has 1 spiro atoms. The molecular formula is C25H33N3O4. The van der Waals surface area contributed by atoms with E-state index in [0.717, 1.165) is 44.3 Å². The van der Waals surface area contributed by atoms with Gasteiger partial charge < -0.3 is 24.3 Å². The monoisotopic (exact) mass is 439 g/mol. The SMILES string of the molecule is CCC(C)CN1C[C@H]2C(=O)NC3(CCN(C(=O)c4cc5cccc(OC)c5o4)CC3)[C@H]2C1. The van der Waals surface area contributed by atoms with Crippen molar-refractivity contribution in [1.82, 2.24) is 15.1 Å². The molecule has 0 aliphatic carbocycles. The molecule has 32 heavy (non-hydrogen) atoms. The smallest absolute Gasteiger partial charge is 0.289 e. The molecule has 0 radical (unpaired) electrons. The minimum Gasteiger partial charge on any atom is -0.493 e. The van der Waals surface area contributed by atoms with Crippen molar-refractivity contribution < 1.29 is 18.7 Å². The van der Waals surface area contributed by atoms with Crippen LogP contribution in [-0.2, 0) is 4.79 Å². The van der Waals surface area contributed by atoms with Crippen LogP contribution in [0, 0.1) is 17.8 Å². The lowest BCUT2D eigenvalue weighted by molar-refractivity contribution is -0.123. The van der Waals surface area contributed by atoms with Gasteiger partial charge >= 0.3 is 0 Å². The first-order valence-corrected chi connectivity index (χ1v) is 11.8. The zero-order valence-electron chi connectivity index (χ0n) is 19.2. The lowest BCUT2D eigenvalue weighted by atomic mass is 9.75. The molecule has 3 aliphatic rings. The van der Waals surface area contributed by atoms with Gasteiger partial charge in [0.15, 0.2) is 17.1 Å². The Morgan fingerprint density at radius 2 is 2.09 bits per heavy atom. The van der Waals surface area contributed by atoms with Crippen LogP contribution in [0.3, 0.4) is 0 Å². The molecule has 3 fully saturated rings. The first-order valence-electron chi connectivity index (χ1n) is 11.8. The molecule has 3 saturated heterocycles. The van der Waals surface area contributed by atoms with E-state index in [0.29, 0.717) is 42.0 Å². The second-order valence-electron chi connectivity index (χ2n) is 9.87. The van der Waals surface area contributed by atoms with Gasteiger partial charge in [0.1, 0.15) is 0 Å². The average molecular weight is 440 g/mol. The molecule has 3 aliphatic heterocycles. The van der Waals surface area contributed by atoms with E-state index in [2.05, 4.69) is 24.1 Å². The summed E-state index contributed by atoms with van der Waals surface area (Å²) in [4.78, 5) is 30.3. The van der Waals surface area contributed by atoms with Crippen molar-refractivity contribution in [1.29, 1.82) is 0 Å². The van der Waals surface area contributed by atoms with Crippen LogP contribution >= 0.6 is 0 Å². The van der Waals surface area contributed by atoms with E-state index in [9.17, 15) is 9.59 Å². The molecule has 0 saturated carbocycles. The highest BCUT2D eigenvalue weighted by molar-refractivity contribution is 5.97. The fourth-order valence-electron chi connectivity index (χ4n) is 5.92. The summed E-state index contributed by atoms with van der Waals surface area (Å²) < 4.78 is 11.2. The summed E-state index contributed by atoms with van der Waals surface area (Å²) >= 11 is 0. The van der Waals surface area contributed by atoms with Crippen LogP contribution in [0.1, 0.15) is 43.7 Å². The first kappa shape index (κ1) is 21.3. The van der Waals surface area contributed by atoms with Gasteiger partial charge in [-0.15, -0.1) is 0 Å². The van der Waals surface area contributed by atoms with Crippen molar-refractivity contribution in [3.8, 4) is 5.75 Å². The summed E-state index contributed by atoms with van der Waals surface area (Å²) in [6.07, 6.45) is 2.76. The molecule has 3 atom stereocenters. The topological polar surface area (TPSA) is 75.0 Å². The van der Waals surface area contributed by atoms with E-state index in [-0.39, 0.29) is 23.3 Å². The van der Waals surface area contributed by atoms with Gasteiger partial charge in [-0.3, -0.25) is 9.59 Å². The third-order valence-corrected chi connectivity index (χ3v) is 7.96. The Balaban J connectivity index is 1.28. The number of para-hydroxylation sites is 1. The van der Waals surface area contributed by atoms with Crippen LogP contribution in [0.5, 0.6) is 5.75 Å². The van der Waals surface area contributed by atoms with E-state index < -0.39 is 0 Å². The van der Waals surface area contributed by atoms with Gasteiger partial charge in [-0.05, 0) is 30.9 Å². The normalized spacial score (nSPS) is 25.8. The van der Waals surface area contributed by atoms with Crippen molar-refractivity contribution >= 4 is 22.8 Å². The van der Waals surface area contributed by atoms with Crippen LogP contribution in [-0.4, -0.2) is 67.0 Å². The lowest BCUT2D eigenvalue weighted by Crippen LogP contribution is -2.56. The quantitative estimate of drug-likeness (QED) is 0.775. The van der Waals surface area contributed by atoms with Crippen LogP contribution < -0.4 is 10.1 Å². The first-order chi connectivity index (χ1) is 15.4. The van der Waals surface area contributed by atoms with Crippen molar-refractivity contribution in [2.45, 2.75) is 38.6 Å². The van der Waals surface area contributed by atoms with E-state index in [1.165, 1.54) is 0 Å². The number of amides is 2. The average Bonchev–Trinajstić information content (AvgIpc) is 3.48. The van der Waals surface area contributed by atoms with Crippen LogP contribution in [0.25, 0.3) is 11.0 Å². The van der Waals surface area contributed by atoms with Gasteiger partial charge in [0, 0.05) is 49.6 Å². The number of nitrogens with one attached hydrogen (secondary N) is 1. The lowest BCUT2D eigenvalue weighted by Gasteiger charge is -2.42. The summed E-state index contributed by atoms with van der Waals surface area (Å²) in [5, 5.41) is 4.21. The maximum atomic E-state index is 13.2. The number of nitrogens with zero attached hydrogens (tertiary/aromatic N) is 2. The Morgan fingerprint density at radius 1 is 1.31 bits per heavy atom. The predicted molar refractivity (Wildman–Crippen MR) is 122 cm³/mol. The molecule has 1 unspecified atom stereocenters. The third kappa shape index (κ3) is 3.47. The highest BCUT2D eigenvalue weighted by atomic mass is 16.5. The van der Waals surface area contributed by atoms with Crippen molar-refractivity contribution in [3.05, 3.63) is 30.0 Å². The molecule has 7 heteroatoms. The highest BCUT2D eigenvalue weighted by Crippen LogP contribution is 2.44. The van der Waals surface area contributed by atoms with E-state index in [1.54, 1.807) is 13.2 Å². The molecular weight excluding hydrogens is 406 g/mol. The molecule has 0 bridgehead atoms. The maximum Gasteiger partial charge on any atom is 0.289 e. The van der Waals surface area contributed by atoms with Gasteiger partial charge in [-0.25, -0.2) is 0 Å². The number of fused-ring (bicyclic) bond motifs is 3. The minimum absolute atomic E-state index is 0.0872. The molecule has 2 aromatic rings. The molecule has 1 aromatic heterocycles. The Kier molecular flexibility index (Phi) is 5.40. The van der Waals surface area contributed by atoms with Crippen LogP contribution in [0.2, 0.25) is 0 Å². The number of ether oxygens (including phenoxy) is 1. The van der Waals surface area contributed by atoms with E-state index in [1.807, 2.05) is 23.1 Å². The van der Waals surface area contributed by atoms with Crippen molar-refractivity contribution in [3.63, 3.8) is 0 Å². The number of rotatable bonds is 5. The molecule has 1 aromatic carbocycles. The number of furan rings is 1. The van der Waals surface area contributed by atoms with E-state index >= 15 is 0 Å². The fourth-order valence-corrected chi connectivity index (χ4v) is 5.92. The van der Waals surface area contributed by atoms with Gasteiger partial charge in [-0.2, -0.15) is 0 Å². The Bertz CT molecular complexity index is 1020. The molecule has 5 rings (SSSR count). The Labute approximate surface area is 189 Å². The number of likely N-dealkylation sites (tertiary alicyclic amines) is 2. The Hall–Kier alpha value is -2.54. The number of methoxy groups -OCH3 is 1. The van der Waals surface area contributed by atoms with Crippen LogP contribution in [0.4, 0.5) is 0 Å². The van der Waals surface area contributed by atoms with Gasteiger partial charge in [0.2, 0.25) is 5.91 Å². The van der Waals surface area contributed by atoms with E-state index in [4.69, 9.17) is 9.15 Å². The van der Waals surface area contributed by atoms with Gasteiger partial charge in [0.25, 0.3) is 5.91 Å². The fraction of sp³-hybridized carbons (Fsp3) is 0.600. The summed E-state index contributed by atoms with van der Waals surface area (Å²) in [7, 11) is 1.60.